The normalized spacial score (nSPS) is 18.6. The number of nitrogens with zero attached hydrogens (tertiary/aromatic N) is 2. The second-order valence-electron chi connectivity index (χ2n) is 9.92. The first-order valence-electron chi connectivity index (χ1n) is 12.0. The van der Waals surface area contributed by atoms with Crippen LogP contribution in [0.1, 0.15) is 64.6 Å². The number of aryl methyl sites for hydroxylation is 1. The van der Waals surface area contributed by atoms with Gasteiger partial charge in [-0.2, -0.15) is 0 Å². The average Bonchev–Trinajstić information content (AvgIpc) is 2.78. The molecule has 1 aliphatic rings. The van der Waals surface area contributed by atoms with E-state index in [0.717, 1.165) is 60.4 Å². The monoisotopic (exact) mass is 453 g/mol. The highest BCUT2D eigenvalue weighted by Gasteiger charge is 2.29. The summed E-state index contributed by atoms with van der Waals surface area (Å²) >= 11 is 0. The molecule has 3 rings (SSSR count). The van der Waals surface area contributed by atoms with E-state index in [0.29, 0.717) is 12.6 Å². The molecule has 1 fully saturated rings. The molecule has 2 aromatic rings. The van der Waals surface area contributed by atoms with Crippen molar-refractivity contribution >= 4 is 6.09 Å². The van der Waals surface area contributed by atoms with Crippen LogP contribution in [0.25, 0.3) is 11.1 Å². The summed E-state index contributed by atoms with van der Waals surface area (Å²) in [5.41, 5.74) is 3.95. The number of aromatic nitrogens is 1. The molecule has 0 spiro atoms. The predicted octanol–water partition coefficient (Wildman–Crippen LogP) is 5.72. The number of pyridine rings is 1. The molecule has 0 atom stereocenters. The molecule has 6 heteroatoms. The van der Waals surface area contributed by atoms with Crippen molar-refractivity contribution in [1.82, 2.24) is 15.2 Å². The van der Waals surface area contributed by atoms with Gasteiger partial charge in [0.05, 0.1) is 6.61 Å². The van der Waals surface area contributed by atoms with Crippen LogP contribution in [0.3, 0.4) is 0 Å². The van der Waals surface area contributed by atoms with E-state index in [9.17, 15) is 4.79 Å². The van der Waals surface area contributed by atoms with E-state index in [1.165, 1.54) is 0 Å². The zero-order valence-corrected chi connectivity index (χ0v) is 21.0. The molecule has 180 valence electrons. The fourth-order valence-electron chi connectivity index (χ4n) is 4.24. The second-order valence-corrected chi connectivity index (χ2v) is 9.92. The lowest BCUT2D eigenvalue weighted by Crippen LogP contribution is -2.44. The van der Waals surface area contributed by atoms with Crippen LogP contribution < -0.4 is 10.1 Å². The van der Waals surface area contributed by atoms with Gasteiger partial charge < -0.3 is 19.7 Å². The number of hydrogen-bond donors (Lipinski definition) is 1. The van der Waals surface area contributed by atoms with Gasteiger partial charge in [-0.3, -0.25) is 4.98 Å². The van der Waals surface area contributed by atoms with Gasteiger partial charge in [0.2, 0.25) is 0 Å². The van der Waals surface area contributed by atoms with Gasteiger partial charge in [-0.25, -0.2) is 4.79 Å². The molecule has 1 aliphatic carbocycles. The molecule has 0 unspecified atom stereocenters. The van der Waals surface area contributed by atoms with E-state index in [4.69, 9.17) is 9.47 Å². The van der Waals surface area contributed by atoms with E-state index >= 15 is 0 Å². The summed E-state index contributed by atoms with van der Waals surface area (Å²) in [7, 11) is 1.85. The van der Waals surface area contributed by atoms with Gasteiger partial charge >= 0.3 is 6.09 Å². The van der Waals surface area contributed by atoms with Gasteiger partial charge in [0.25, 0.3) is 0 Å². The lowest BCUT2D eigenvalue weighted by molar-refractivity contribution is 0.0179. The predicted molar refractivity (Wildman–Crippen MR) is 132 cm³/mol. The fraction of sp³-hybridized carbons (Fsp3) is 0.556. The number of rotatable bonds is 7. The second kappa shape index (κ2) is 11.0. The van der Waals surface area contributed by atoms with Crippen LogP contribution in [0.4, 0.5) is 4.79 Å². The van der Waals surface area contributed by atoms with Crippen molar-refractivity contribution in [2.75, 3.05) is 13.7 Å². The van der Waals surface area contributed by atoms with E-state index < -0.39 is 5.60 Å². The largest absolute Gasteiger partial charge is 0.494 e. The van der Waals surface area contributed by atoms with Crippen molar-refractivity contribution in [1.29, 1.82) is 0 Å². The molecule has 1 heterocycles. The summed E-state index contributed by atoms with van der Waals surface area (Å²) in [5.74, 6) is 0.923. The number of carbonyl (C=O) groups excluding carboxylic acids is 1. The molecule has 0 bridgehead atoms. The van der Waals surface area contributed by atoms with Crippen LogP contribution in [0.15, 0.2) is 36.5 Å². The van der Waals surface area contributed by atoms with Crippen molar-refractivity contribution in [3.8, 4) is 16.9 Å². The summed E-state index contributed by atoms with van der Waals surface area (Å²) in [6.07, 6.45) is 5.70. The molecule has 1 amide bonds. The Morgan fingerprint density at radius 1 is 1.12 bits per heavy atom. The highest BCUT2D eigenvalue weighted by molar-refractivity contribution is 5.68. The smallest absolute Gasteiger partial charge is 0.410 e. The Morgan fingerprint density at radius 2 is 1.82 bits per heavy atom. The van der Waals surface area contributed by atoms with E-state index in [-0.39, 0.29) is 12.1 Å². The molecule has 0 radical (unpaired) electrons. The van der Waals surface area contributed by atoms with Gasteiger partial charge in [-0.05, 0) is 84.1 Å². The molecule has 0 saturated heterocycles. The minimum Gasteiger partial charge on any atom is -0.494 e. The van der Waals surface area contributed by atoms with Crippen LogP contribution >= 0.6 is 0 Å². The minimum atomic E-state index is -0.467. The Kier molecular flexibility index (Phi) is 8.35. The standard InChI is InChI=1S/C27H39N3O3/c1-7-32-25-15-10-20(21-9-8-19(2)28-17-21)16-22(25)18-29-23-11-13-24(14-12-23)30(6)26(31)33-27(3,4)5/h8-10,15-17,23-24,29H,7,11-14,18H2,1-6H3. The molecule has 1 aromatic heterocycles. The first-order chi connectivity index (χ1) is 15.7. The Labute approximate surface area is 198 Å². The minimum absolute atomic E-state index is 0.231. The fourth-order valence-corrected chi connectivity index (χ4v) is 4.24. The van der Waals surface area contributed by atoms with Gasteiger partial charge in [-0.1, -0.05) is 12.1 Å². The topological polar surface area (TPSA) is 63.7 Å². The van der Waals surface area contributed by atoms with Crippen LogP contribution in [-0.2, 0) is 11.3 Å². The highest BCUT2D eigenvalue weighted by atomic mass is 16.6. The summed E-state index contributed by atoms with van der Waals surface area (Å²) < 4.78 is 11.4. The van der Waals surface area contributed by atoms with E-state index in [1.807, 2.05) is 53.9 Å². The molecule has 1 aromatic carbocycles. The number of amides is 1. The van der Waals surface area contributed by atoms with Crippen molar-refractivity contribution in [3.05, 3.63) is 47.8 Å². The SMILES string of the molecule is CCOc1ccc(-c2ccc(C)nc2)cc1CNC1CCC(N(C)C(=O)OC(C)(C)C)CC1. The van der Waals surface area contributed by atoms with E-state index in [1.54, 1.807) is 4.90 Å². The molecule has 33 heavy (non-hydrogen) atoms. The summed E-state index contributed by atoms with van der Waals surface area (Å²) in [4.78, 5) is 18.6. The van der Waals surface area contributed by atoms with E-state index in [2.05, 4.69) is 34.6 Å². The Bertz CT molecular complexity index is 913. The third-order valence-electron chi connectivity index (χ3n) is 6.11. The van der Waals surface area contributed by atoms with Crippen LogP contribution in [0, 0.1) is 6.92 Å². The zero-order valence-electron chi connectivity index (χ0n) is 21.0. The molecule has 1 saturated carbocycles. The molecule has 1 N–H and O–H groups in total. The maximum absolute atomic E-state index is 12.4. The lowest BCUT2D eigenvalue weighted by atomic mass is 9.90. The van der Waals surface area contributed by atoms with Crippen molar-refractivity contribution < 1.29 is 14.3 Å². The summed E-state index contributed by atoms with van der Waals surface area (Å²) in [6, 6.07) is 11.2. The maximum atomic E-state index is 12.4. The molecule has 6 nitrogen and oxygen atoms in total. The third kappa shape index (κ3) is 7.19. The number of benzene rings is 1. The Morgan fingerprint density at radius 3 is 2.42 bits per heavy atom. The zero-order chi connectivity index (χ0) is 24.0. The van der Waals surface area contributed by atoms with Gasteiger partial charge in [-0.15, -0.1) is 0 Å². The van der Waals surface area contributed by atoms with Crippen LogP contribution in [-0.4, -0.2) is 47.3 Å². The Hall–Kier alpha value is -2.60. The molecular formula is C27H39N3O3. The van der Waals surface area contributed by atoms with Gasteiger partial charge in [0.1, 0.15) is 11.4 Å². The lowest BCUT2D eigenvalue weighted by Gasteiger charge is -2.36. The quantitative estimate of drug-likeness (QED) is 0.581. The maximum Gasteiger partial charge on any atom is 0.410 e. The van der Waals surface area contributed by atoms with Crippen LogP contribution in [0.5, 0.6) is 5.75 Å². The van der Waals surface area contributed by atoms with Crippen molar-refractivity contribution in [2.45, 2.75) is 84.5 Å². The summed E-state index contributed by atoms with van der Waals surface area (Å²) in [5, 5.41) is 3.72. The van der Waals surface area contributed by atoms with Crippen molar-refractivity contribution in [3.63, 3.8) is 0 Å². The molecule has 0 aliphatic heterocycles. The number of hydrogen-bond acceptors (Lipinski definition) is 5. The summed E-state index contributed by atoms with van der Waals surface area (Å²) in [6.45, 7) is 11.1. The van der Waals surface area contributed by atoms with Crippen molar-refractivity contribution in [2.24, 2.45) is 0 Å². The third-order valence-corrected chi connectivity index (χ3v) is 6.11. The van der Waals surface area contributed by atoms with Crippen LogP contribution in [0.2, 0.25) is 0 Å². The number of carbonyl (C=O) groups is 1. The Balaban J connectivity index is 1.59. The molecular weight excluding hydrogens is 414 g/mol. The number of nitrogens with one attached hydrogen (secondary N) is 1. The van der Waals surface area contributed by atoms with Gasteiger partial charge in [0, 0.05) is 48.7 Å². The van der Waals surface area contributed by atoms with Gasteiger partial charge in [0.15, 0.2) is 0 Å². The first kappa shape index (κ1) is 25.0. The average molecular weight is 454 g/mol. The first-order valence-corrected chi connectivity index (χ1v) is 12.0. The number of ether oxygens (including phenoxy) is 2. The highest BCUT2D eigenvalue weighted by Crippen LogP contribution is 2.28.